The fourth-order valence-corrected chi connectivity index (χ4v) is 2.49. The third-order valence-electron chi connectivity index (χ3n) is 3.37. The average Bonchev–Trinajstić information content (AvgIpc) is 2.55. The van der Waals surface area contributed by atoms with Gasteiger partial charge in [-0.3, -0.25) is 0 Å². The van der Waals surface area contributed by atoms with E-state index in [1.165, 1.54) is 12.8 Å². The van der Waals surface area contributed by atoms with Crippen LogP contribution in [-0.4, -0.2) is 31.5 Å². The van der Waals surface area contributed by atoms with Gasteiger partial charge in [0.2, 0.25) is 0 Å². The molecule has 0 radical (unpaired) electrons. The van der Waals surface area contributed by atoms with Gasteiger partial charge < -0.3 is 15.2 Å². The molecule has 3 heteroatoms. The van der Waals surface area contributed by atoms with E-state index in [0.717, 1.165) is 45.5 Å². The molecule has 0 saturated carbocycles. The van der Waals surface area contributed by atoms with Crippen LogP contribution in [0.15, 0.2) is 0 Å². The smallest absolute Gasteiger partial charge is 0.0593 e. The first-order valence-electron chi connectivity index (χ1n) is 5.77. The highest BCUT2D eigenvalue weighted by molar-refractivity contribution is 4.89. The lowest BCUT2D eigenvalue weighted by molar-refractivity contribution is 0.0766. The highest BCUT2D eigenvalue weighted by Crippen LogP contribution is 2.28. The quantitative estimate of drug-likeness (QED) is 0.732. The lowest BCUT2D eigenvalue weighted by Gasteiger charge is -2.29. The molecular weight excluding hydrogens is 178 g/mol. The molecular formula is C11H21NO2. The largest absolute Gasteiger partial charge is 0.381 e. The molecule has 2 aliphatic rings. The fourth-order valence-electron chi connectivity index (χ4n) is 2.49. The Hall–Kier alpha value is -0.120. The molecule has 2 fully saturated rings. The van der Waals surface area contributed by atoms with Crippen LogP contribution in [0.2, 0.25) is 0 Å². The first-order chi connectivity index (χ1) is 6.79. The second kappa shape index (κ2) is 4.60. The van der Waals surface area contributed by atoms with Crippen LogP contribution >= 0.6 is 0 Å². The summed E-state index contributed by atoms with van der Waals surface area (Å²) in [6.45, 7) is 2.63. The van der Waals surface area contributed by atoms with Crippen molar-refractivity contribution in [2.24, 2.45) is 5.73 Å². The first kappa shape index (κ1) is 10.4. The molecule has 2 aliphatic heterocycles. The van der Waals surface area contributed by atoms with Crippen molar-refractivity contribution in [1.82, 2.24) is 0 Å². The van der Waals surface area contributed by atoms with Gasteiger partial charge >= 0.3 is 0 Å². The topological polar surface area (TPSA) is 44.5 Å². The Labute approximate surface area is 85.9 Å². The molecule has 2 atom stereocenters. The monoisotopic (exact) mass is 199 g/mol. The molecule has 0 aromatic carbocycles. The summed E-state index contributed by atoms with van der Waals surface area (Å²) >= 11 is 0. The zero-order chi connectivity index (χ0) is 9.86. The van der Waals surface area contributed by atoms with Gasteiger partial charge in [0.1, 0.15) is 0 Å². The van der Waals surface area contributed by atoms with E-state index in [1.807, 2.05) is 0 Å². The van der Waals surface area contributed by atoms with E-state index in [1.54, 1.807) is 0 Å². The molecule has 3 nitrogen and oxygen atoms in total. The second-order valence-corrected chi connectivity index (χ2v) is 4.67. The highest BCUT2D eigenvalue weighted by Gasteiger charge is 2.31. The molecule has 2 unspecified atom stereocenters. The Morgan fingerprint density at radius 3 is 2.86 bits per heavy atom. The number of rotatable bonds is 2. The van der Waals surface area contributed by atoms with Gasteiger partial charge in [0.15, 0.2) is 0 Å². The molecule has 2 N–H and O–H groups in total. The molecule has 0 aromatic heterocycles. The predicted octanol–water partition coefficient (Wildman–Crippen LogP) is 1.45. The van der Waals surface area contributed by atoms with Crippen molar-refractivity contribution in [2.75, 3.05) is 19.8 Å². The number of hydrogen-bond acceptors (Lipinski definition) is 3. The van der Waals surface area contributed by atoms with Crippen LogP contribution in [0.4, 0.5) is 0 Å². The summed E-state index contributed by atoms with van der Waals surface area (Å²) in [5.74, 6) is 0. The Kier molecular flexibility index (Phi) is 3.42. The fraction of sp³-hybridized carbons (Fsp3) is 1.00. The lowest BCUT2D eigenvalue weighted by atomic mass is 9.85. The third kappa shape index (κ3) is 2.69. The number of ether oxygens (including phenoxy) is 2. The number of hydrogen-bond donors (Lipinski definition) is 1. The minimum absolute atomic E-state index is 0.0223. The van der Waals surface area contributed by atoms with E-state index in [9.17, 15) is 0 Å². The SMILES string of the molecule is NC1(CC2CCCO2)CCCOCC1. The zero-order valence-corrected chi connectivity index (χ0v) is 8.84. The van der Waals surface area contributed by atoms with Gasteiger partial charge in [-0.05, 0) is 38.5 Å². The summed E-state index contributed by atoms with van der Waals surface area (Å²) < 4.78 is 11.1. The summed E-state index contributed by atoms with van der Waals surface area (Å²) in [6.07, 6.45) is 7.02. The van der Waals surface area contributed by atoms with Gasteiger partial charge in [-0.25, -0.2) is 0 Å². The van der Waals surface area contributed by atoms with Crippen molar-refractivity contribution in [1.29, 1.82) is 0 Å². The predicted molar refractivity (Wildman–Crippen MR) is 55.2 cm³/mol. The molecule has 0 spiro atoms. The zero-order valence-electron chi connectivity index (χ0n) is 8.84. The Bertz CT molecular complexity index is 170. The molecule has 82 valence electrons. The Morgan fingerprint density at radius 1 is 1.14 bits per heavy atom. The maximum absolute atomic E-state index is 6.38. The van der Waals surface area contributed by atoms with E-state index < -0.39 is 0 Å². The van der Waals surface area contributed by atoms with Gasteiger partial charge in [0.05, 0.1) is 6.10 Å². The minimum Gasteiger partial charge on any atom is -0.381 e. The van der Waals surface area contributed by atoms with E-state index in [2.05, 4.69) is 0 Å². The summed E-state index contributed by atoms with van der Waals surface area (Å²) in [4.78, 5) is 0. The third-order valence-corrected chi connectivity index (χ3v) is 3.37. The standard InChI is InChI=1S/C11H21NO2/c12-11(4-2-6-13-8-5-11)9-10-3-1-7-14-10/h10H,1-9,12H2. The highest BCUT2D eigenvalue weighted by atomic mass is 16.5. The van der Waals surface area contributed by atoms with Crippen LogP contribution in [-0.2, 0) is 9.47 Å². The Morgan fingerprint density at radius 2 is 2.07 bits per heavy atom. The van der Waals surface area contributed by atoms with Gasteiger partial charge in [-0.15, -0.1) is 0 Å². The molecule has 0 aromatic rings. The van der Waals surface area contributed by atoms with Gasteiger partial charge in [0, 0.05) is 25.4 Å². The maximum Gasteiger partial charge on any atom is 0.0593 e. The van der Waals surface area contributed by atoms with Crippen molar-refractivity contribution in [3.05, 3.63) is 0 Å². The number of nitrogens with two attached hydrogens (primary N) is 1. The van der Waals surface area contributed by atoms with Crippen LogP contribution in [0, 0.1) is 0 Å². The summed E-state index contributed by atoms with van der Waals surface area (Å²) in [5, 5.41) is 0. The Balaban J connectivity index is 1.85. The van der Waals surface area contributed by atoms with Crippen LogP contribution in [0.3, 0.4) is 0 Å². The van der Waals surface area contributed by atoms with Crippen molar-refractivity contribution < 1.29 is 9.47 Å². The van der Waals surface area contributed by atoms with E-state index in [0.29, 0.717) is 6.10 Å². The van der Waals surface area contributed by atoms with Crippen molar-refractivity contribution in [3.8, 4) is 0 Å². The second-order valence-electron chi connectivity index (χ2n) is 4.67. The van der Waals surface area contributed by atoms with E-state index in [4.69, 9.17) is 15.2 Å². The first-order valence-corrected chi connectivity index (χ1v) is 5.77. The van der Waals surface area contributed by atoms with Crippen molar-refractivity contribution in [2.45, 2.75) is 50.2 Å². The van der Waals surface area contributed by atoms with Crippen LogP contribution < -0.4 is 5.73 Å². The maximum atomic E-state index is 6.38. The molecule has 0 aliphatic carbocycles. The molecule has 0 bridgehead atoms. The molecule has 0 amide bonds. The minimum atomic E-state index is -0.0223. The van der Waals surface area contributed by atoms with Gasteiger partial charge in [-0.2, -0.15) is 0 Å². The molecule has 14 heavy (non-hydrogen) atoms. The molecule has 2 heterocycles. The normalized spacial score (nSPS) is 39.6. The van der Waals surface area contributed by atoms with Crippen LogP contribution in [0.1, 0.15) is 38.5 Å². The van der Waals surface area contributed by atoms with E-state index >= 15 is 0 Å². The summed E-state index contributed by atoms with van der Waals surface area (Å²) in [5.41, 5.74) is 6.36. The van der Waals surface area contributed by atoms with Crippen LogP contribution in [0.25, 0.3) is 0 Å². The van der Waals surface area contributed by atoms with Gasteiger partial charge in [-0.1, -0.05) is 0 Å². The summed E-state index contributed by atoms with van der Waals surface area (Å²) in [7, 11) is 0. The van der Waals surface area contributed by atoms with Crippen molar-refractivity contribution >= 4 is 0 Å². The summed E-state index contributed by atoms with van der Waals surface area (Å²) in [6, 6.07) is 0. The molecule has 2 saturated heterocycles. The van der Waals surface area contributed by atoms with Gasteiger partial charge in [0.25, 0.3) is 0 Å². The average molecular weight is 199 g/mol. The lowest BCUT2D eigenvalue weighted by Crippen LogP contribution is -2.43. The van der Waals surface area contributed by atoms with Crippen LogP contribution in [0.5, 0.6) is 0 Å². The molecule has 2 rings (SSSR count). The van der Waals surface area contributed by atoms with Crippen molar-refractivity contribution in [3.63, 3.8) is 0 Å². The van der Waals surface area contributed by atoms with E-state index in [-0.39, 0.29) is 5.54 Å².